The van der Waals surface area contributed by atoms with Gasteiger partial charge in [-0.25, -0.2) is 0 Å². The minimum absolute atomic E-state index is 0.350. The van der Waals surface area contributed by atoms with Crippen LogP contribution in [0.3, 0.4) is 0 Å². The molecule has 1 heterocycles. The molecule has 2 nitrogen and oxygen atoms in total. The van der Waals surface area contributed by atoms with Crippen LogP contribution in [0.4, 0.5) is 0 Å². The van der Waals surface area contributed by atoms with Crippen LogP contribution in [0.5, 0.6) is 5.75 Å². The lowest BCUT2D eigenvalue weighted by atomic mass is 9.86. The van der Waals surface area contributed by atoms with Gasteiger partial charge in [-0.2, -0.15) is 0 Å². The molecule has 16 heavy (non-hydrogen) atoms. The topological polar surface area (TPSA) is 32.3 Å². The molecule has 0 spiro atoms. The Morgan fingerprint density at radius 3 is 2.88 bits per heavy atom. The molecule has 1 unspecified atom stereocenters. The number of aromatic hydroxyl groups is 1. The molecule has 0 radical (unpaired) electrons. The molecule has 1 aliphatic heterocycles. The molecule has 88 valence electrons. The first-order valence-corrected chi connectivity index (χ1v) is 6.61. The smallest absolute Gasteiger partial charge is 0.130 e. The summed E-state index contributed by atoms with van der Waals surface area (Å²) in [7, 11) is 0. The first-order valence-electron chi connectivity index (χ1n) is 5.81. The highest BCUT2D eigenvalue weighted by molar-refractivity contribution is 9.10. The average molecular weight is 284 g/mol. The first kappa shape index (κ1) is 11.9. The van der Waals surface area contributed by atoms with Crippen LogP contribution >= 0.6 is 15.9 Å². The van der Waals surface area contributed by atoms with E-state index in [-0.39, 0.29) is 0 Å². The molecule has 1 aromatic carbocycles. The summed E-state index contributed by atoms with van der Waals surface area (Å²) < 4.78 is 0.804. The number of fused-ring (bicyclic) bond motifs is 1. The molecule has 0 saturated heterocycles. The number of benzene rings is 1. The summed E-state index contributed by atoms with van der Waals surface area (Å²) in [6, 6.07) is 3.99. The van der Waals surface area contributed by atoms with Crippen molar-refractivity contribution in [1.29, 1.82) is 0 Å². The van der Waals surface area contributed by atoms with Gasteiger partial charge in [-0.05, 0) is 64.0 Å². The van der Waals surface area contributed by atoms with Crippen LogP contribution in [0.1, 0.15) is 30.9 Å². The van der Waals surface area contributed by atoms with E-state index in [1.54, 1.807) is 0 Å². The first-order chi connectivity index (χ1) is 7.59. The zero-order valence-corrected chi connectivity index (χ0v) is 11.3. The summed E-state index contributed by atoms with van der Waals surface area (Å²) in [6.07, 6.45) is 0.999. The maximum atomic E-state index is 9.72. The Hall–Kier alpha value is -0.540. The van der Waals surface area contributed by atoms with Crippen LogP contribution in [0.15, 0.2) is 16.6 Å². The highest BCUT2D eigenvalue weighted by Gasteiger charge is 2.22. The number of halogens is 1. The van der Waals surface area contributed by atoms with Crippen LogP contribution in [0, 0.1) is 5.92 Å². The van der Waals surface area contributed by atoms with Crippen molar-refractivity contribution in [1.82, 2.24) is 5.32 Å². The van der Waals surface area contributed by atoms with Crippen LogP contribution < -0.4 is 5.32 Å². The maximum Gasteiger partial charge on any atom is 0.130 e. The maximum absolute atomic E-state index is 9.72. The molecule has 1 atom stereocenters. The molecule has 0 aromatic heterocycles. The monoisotopic (exact) mass is 283 g/mol. The molecule has 0 amide bonds. The van der Waals surface area contributed by atoms with Gasteiger partial charge >= 0.3 is 0 Å². The minimum atomic E-state index is 0.350. The fourth-order valence-electron chi connectivity index (χ4n) is 2.37. The third-order valence-corrected chi connectivity index (χ3v) is 3.98. The van der Waals surface area contributed by atoms with Gasteiger partial charge in [0.15, 0.2) is 0 Å². The van der Waals surface area contributed by atoms with Crippen molar-refractivity contribution in [2.24, 2.45) is 5.92 Å². The van der Waals surface area contributed by atoms with Gasteiger partial charge in [0.2, 0.25) is 0 Å². The van der Waals surface area contributed by atoms with Crippen molar-refractivity contribution in [2.75, 3.05) is 13.1 Å². The Kier molecular flexibility index (Phi) is 3.55. The van der Waals surface area contributed by atoms with E-state index in [2.05, 4.69) is 41.2 Å². The molecular formula is C13H18BrNO. The van der Waals surface area contributed by atoms with E-state index in [1.165, 1.54) is 11.1 Å². The molecule has 2 rings (SSSR count). The third-order valence-electron chi connectivity index (χ3n) is 3.35. The zero-order valence-electron chi connectivity index (χ0n) is 9.76. The average Bonchev–Trinajstić information content (AvgIpc) is 2.41. The van der Waals surface area contributed by atoms with Crippen molar-refractivity contribution >= 4 is 15.9 Å². The van der Waals surface area contributed by atoms with Crippen molar-refractivity contribution in [3.05, 3.63) is 27.7 Å². The van der Waals surface area contributed by atoms with Gasteiger partial charge in [-0.3, -0.25) is 0 Å². The quantitative estimate of drug-likeness (QED) is 0.830. The number of phenolic OH excluding ortho intramolecular Hbond substituents is 1. The third kappa shape index (κ3) is 2.25. The van der Waals surface area contributed by atoms with E-state index >= 15 is 0 Å². The van der Waals surface area contributed by atoms with Gasteiger partial charge in [0.05, 0.1) is 4.47 Å². The van der Waals surface area contributed by atoms with Crippen molar-refractivity contribution in [3.8, 4) is 5.75 Å². The normalized spacial score (nSPS) is 20.6. The lowest BCUT2D eigenvalue weighted by Crippen LogP contribution is -2.23. The standard InChI is InChI=1S/C13H18BrNO/c1-8(2)11-7-15-4-3-9-5-13(16)12(14)6-10(9)11/h5-6,8,11,15-16H,3-4,7H2,1-2H3. The van der Waals surface area contributed by atoms with Gasteiger partial charge in [0.1, 0.15) is 5.75 Å². The molecule has 2 N–H and O–H groups in total. The van der Waals surface area contributed by atoms with Crippen LogP contribution in [0.25, 0.3) is 0 Å². The van der Waals surface area contributed by atoms with E-state index in [9.17, 15) is 5.11 Å². The van der Waals surface area contributed by atoms with E-state index in [0.717, 1.165) is 24.0 Å². The van der Waals surface area contributed by atoms with Gasteiger partial charge < -0.3 is 10.4 Å². The lowest BCUT2D eigenvalue weighted by molar-refractivity contribution is 0.465. The van der Waals surface area contributed by atoms with E-state index < -0.39 is 0 Å². The lowest BCUT2D eigenvalue weighted by Gasteiger charge is -2.22. The zero-order chi connectivity index (χ0) is 11.7. The minimum Gasteiger partial charge on any atom is -0.507 e. The van der Waals surface area contributed by atoms with Gasteiger partial charge in [-0.15, -0.1) is 0 Å². The Labute approximate surface area is 105 Å². The SMILES string of the molecule is CC(C)C1CNCCc2cc(O)c(Br)cc21. The number of hydrogen-bond donors (Lipinski definition) is 2. The number of hydrogen-bond acceptors (Lipinski definition) is 2. The molecule has 1 aliphatic rings. The summed E-state index contributed by atoms with van der Waals surface area (Å²) in [5.41, 5.74) is 2.66. The van der Waals surface area contributed by atoms with E-state index in [0.29, 0.717) is 17.6 Å². The Morgan fingerprint density at radius 2 is 2.19 bits per heavy atom. The summed E-state index contributed by atoms with van der Waals surface area (Å²) in [6.45, 7) is 6.53. The number of phenols is 1. The van der Waals surface area contributed by atoms with Crippen molar-refractivity contribution in [2.45, 2.75) is 26.2 Å². The second-order valence-corrected chi connectivity index (χ2v) is 5.66. The van der Waals surface area contributed by atoms with Crippen LogP contribution in [-0.4, -0.2) is 18.2 Å². The highest BCUT2D eigenvalue weighted by Crippen LogP contribution is 2.35. The van der Waals surface area contributed by atoms with Crippen molar-refractivity contribution in [3.63, 3.8) is 0 Å². The molecule has 0 saturated carbocycles. The molecule has 0 aliphatic carbocycles. The van der Waals surface area contributed by atoms with Gasteiger partial charge in [0.25, 0.3) is 0 Å². The summed E-state index contributed by atoms with van der Waals surface area (Å²) >= 11 is 3.41. The fraction of sp³-hybridized carbons (Fsp3) is 0.538. The highest BCUT2D eigenvalue weighted by atomic mass is 79.9. The number of nitrogens with one attached hydrogen (secondary N) is 1. The Balaban J connectivity index is 2.48. The summed E-state index contributed by atoms with van der Waals surface area (Å²) in [4.78, 5) is 0. The van der Waals surface area contributed by atoms with E-state index in [4.69, 9.17) is 0 Å². The molecular weight excluding hydrogens is 266 g/mol. The van der Waals surface area contributed by atoms with Crippen LogP contribution in [0.2, 0.25) is 0 Å². The molecule has 0 fully saturated rings. The Bertz CT molecular complexity index is 390. The molecule has 3 heteroatoms. The fourth-order valence-corrected chi connectivity index (χ4v) is 2.73. The second-order valence-electron chi connectivity index (χ2n) is 4.81. The summed E-state index contributed by atoms with van der Waals surface area (Å²) in [5, 5.41) is 13.2. The largest absolute Gasteiger partial charge is 0.507 e. The number of rotatable bonds is 1. The van der Waals surface area contributed by atoms with Gasteiger partial charge in [-0.1, -0.05) is 13.8 Å². The second kappa shape index (κ2) is 4.76. The summed E-state index contributed by atoms with van der Waals surface area (Å²) in [5.74, 6) is 1.50. The Morgan fingerprint density at radius 1 is 1.44 bits per heavy atom. The van der Waals surface area contributed by atoms with Crippen molar-refractivity contribution < 1.29 is 5.11 Å². The van der Waals surface area contributed by atoms with Gasteiger partial charge in [0, 0.05) is 6.54 Å². The molecule has 1 aromatic rings. The predicted octanol–water partition coefficient (Wildman–Crippen LogP) is 3.04. The predicted molar refractivity (Wildman–Crippen MR) is 70.0 cm³/mol. The van der Waals surface area contributed by atoms with Crippen LogP contribution in [-0.2, 0) is 6.42 Å². The van der Waals surface area contributed by atoms with E-state index in [1.807, 2.05) is 6.07 Å². The molecule has 0 bridgehead atoms.